The molecular formula is C15H21IO. The second kappa shape index (κ2) is 6.19. The van der Waals surface area contributed by atoms with Gasteiger partial charge in [-0.1, -0.05) is 66.8 Å². The van der Waals surface area contributed by atoms with Gasteiger partial charge in [0.15, 0.2) is 0 Å². The molecule has 17 heavy (non-hydrogen) atoms. The van der Waals surface area contributed by atoms with Crippen LogP contribution in [0.5, 0.6) is 0 Å². The SMILES string of the molecule is CC(C)[C@@H](I)[C@@H]1C[C@H](c2ccccc2)CCO1. The maximum atomic E-state index is 5.95. The van der Waals surface area contributed by atoms with Gasteiger partial charge in [0.1, 0.15) is 0 Å². The van der Waals surface area contributed by atoms with Crippen molar-refractivity contribution in [2.75, 3.05) is 6.61 Å². The first kappa shape index (κ1) is 13.3. The highest BCUT2D eigenvalue weighted by molar-refractivity contribution is 14.1. The molecule has 0 amide bonds. The Balaban J connectivity index is 2.02. The lowest BCUT2D eigenvalue weighted by atomic mass is 9.86. The van der Waals surface area contributed by atoms with Gasteiger partial charge in [0.2, 0.25) is 0 Å². The lowest BCUT2D eigenvalue weighted by Crippen LogP contribution is -2.34. The Morgan fingerprint density at radius 3 is 2.59 bits per heavy atom. The Bertz CT molecular complexity index is 336. The van der Waals surface area contributed by atoms with E-state index in [9.17, 15) is 0 Å². The molecule has 0 aliphatic carbocycles. The van der Waals surface area contributed by atoms with E-state index >= 15 is 0 Å². The number of ether oxygens (including phenoxy) is 1. The largest absolute Gasteiger partial charge is 0.377 e. The van der Waals surface area contributed by atoms with Crippen LogP contribution in [0.25, 0.3) is 0 Å². The molecule has 94 valence electrons. The molecule has 2 heteroatoms. The third-order valence-electron chi connectivity index (χ3n) is 3.58. The molecule has 1 aliphatic rings. The summed E-state index contributed by atoms with van der Waals surface area (Å²) in [5.41, 5.74) is 1.48. The molecular weight excluding hydrogens is 323 g/mol. The highest BCUT2D eigenvalue weighted by Gasteiger charge is 2.29. The average Bonchev–Trinajstić information content (AvgIpc) is 2.39. The van der Waals surface area contributed by atoms with E-state index in [1.165, 1.54) is 18.4 Å². The summed E-state index contributed by atoms with van der Waals surface area (Å²) in [5.74, 6) is 1.38. The fourth-order valence-corrected chi connectivity index (χ4v) is 3.01. The van der Waals surface area contributed by atoms with Gasteiger partial charge >= 0.3 is 0 Å². The van der Waals surface area contributed by atoms with E-state index in [4.69, 9.17) is 4.74 Å². The van der Waals surface area contributed by atoms with Gasteiger partial charge in [-0.2, -0.15) is 0 Å². The van der Waals surface area contributed by atoms with E-state index in [1.807, 2.05) is 0 Å². The second-order valence-electron chi connectivity index (χ2n) is 5.23. The van der Waals surface area contributed by atoms with Crippen LogP contribution in [-0.4, -0.2) is 16.6 Å². The van der Waals surface area contributed by atoms with Gasteiger partial charge in [-0.25, -0.2) is 0 Å². The summed E-state index contributed by atoms with van der Waals surface area (Å²) in [4.78, 5) is 0. The molecule has 0 N–H and O–H groups in total. The van der Waals surface area contributed by atoms with Gasteiger partial charge in [0, 0.05) is 10.5 Å². The second-order valence-corrected chi connectivity index (χ2v) is 6.67. The van der Waals surface area contributed by atoms with Gasteiger partial charge in [-0.05, 0) is 30.2 Å². The van der Waals surface area contributed by atoms with Gasteiger partial charge in [-0.15, -0.1) is 0 Å². The maximum absolute atomic E-state index is 5.95. The number of hydrogen-bond donors (Lipinski definition) is 0. The van der Waals surface area contributed by atoms with Crippen molar-refractivity contribution < 1.29 is 4.74 Å². The third kappa shape index (κ3) is 3.44. The van der Waals surface area contributed by atoms with Crippen molar-refractivity contribution in [3.05, 3.63) is 35.9 Å². The van der Waals surface area contributed by atoms with Crippen LogP contribution in [-0.2, 0) is 4.74 Å². The molecule has 0 spiro atoms. The Kier molecular flexibility index (Phi) is 4.86. The van der Waals surface area contributed by atoms with Crippen molar-refractivity contribution in [1.29, 1.82) is 0 Å². The molecule has 1 aliphatic heterocycles. The van der Waals surface area contributed by atoms with E-state index in [0.29, 0.717) is 21.9 Å². The molecule has 0 aromatic heterocycles. The minimum atomic E-state index is 0.426. The summed E-state index contributed by atoms with van der Waals surface area (Å²) in [6.45, 7) is 5.48. The first-order chi connectivity index (χ1) is 8.18. The lowest BCUT2D eigenvalue weighted by Gasteiger charge is -2.34. The smallest absolute Gasteiger partial charge is 0.0700 e. The van der Waals surface area contributed by atoms with Crippen LogP contribution in [0.15, 0.2) is 30.3 Å². The van der Waals surface area contributed by atoms with Crippen LogP contribution in [0, 0.1) is 5.92 Å². The van der Waals surface area contributed by atoms with Crippen molar-refractivity contribution in [2.24, 2.45) is 5.92 Å². The Hall–Kier alpha value is -0.0900. The molecule has 1 heterocycles. The van der Waals surface area contributed by atoms with Gasteiger partial charge in [0.05, 0.1) is 6.10 Å². The maximum Gasteiger partial charge on any atom is 0.0700 e. The van der Waals surface area contributed by atoms with Crippen LogP contribution in [0.3, 0.4) is 0 Å². The van der Waals surface area contributed by atoms with E-state index < -0.39 is 0 Å². The summed E-state index contributed by atoms with van der Waals surface area (Å²) < 4.78 is 6.57. The monoisotopic (exact) mass is 344 g/mol. The predicted molar refractivity (Wildman–Crippen MR) is 80.8 cm³/mol. The molecule has 2 rings (SSSR count). The number of halogens is 1. The number of alkyl halides is 1. The predicted octanol–water partition coefficient (Wildman–Crippen LogP) is 4.41. The number of rotatable bonds is 3. The van der Waals surface area contributed by atoms with E-state index in [2.05, 4.69) is 66.8 Å². The van der Waals surface area contributed by atoms with Crippen LogP contribution >= 0.6 is 22.6 Å². The van der Waals surface area contributed by atoms with Crippen molar-refractivity contribution in [3.63, 3.8) is 0 Å². The van der Waals surface area contributed by atoms with Crippen LogP contribution in [0.2, 0.25) is 0 Å². The Morgan fingerprint density at radius 2 is 1.94 bits per heavy atom. The zero-order valence-electron chi connectivity index (χ0n) is 10.6. The normalized spacial score (nSPS) is 27.1. The molecule has 0 saturated carbocycles. The highest BCUT2D eigenvalue weighted by Crippen LogP contribution is 2.34. The number of benzene rings is 1. The summed E-state index contributed by atoms with van der Waals surface area (Å²) in [7, 11) is 0. The standard InChI is InChI=1S/C15H21IO/c1-11(2)15(16)14-10-13(8-9-17-14)12-6-4-3-5-7-12/h3-7,11,13-15H,8-10H2,1-2H3/t13-,14+,15-/m1/s1. The molecule has 1 saturated heterocycles. The Morgan fingerprint density at radius 1 is 1.24 bits per heavy atom. The molecule has 0 bridgehead atoms. The third-order valence-corrected chi connectivity index (χ3v) is 5.82. The fraction of sp³-hybridized carbons (Fsp3) is 0.600. The molecule has 0 unspecified atom stereocenters. The van der Waals surface area contributed by atoms with E-state index in [-0.39, 0.29) is 0 Å². The summed E-state index contributed by atoms with van der Waals surface area (Å²) in [6.07, 6.45) is 2.77. The summed E-state index contributed by atoms with van der Waals surface area (Å²) >= 11 is 2.56. The summed E-state index contributed by atoms with van der Waals surface area (Å²) in [6, 6.07) is 10.9. The van der Waals surface area contributed by atoms with Gasteiger partial charge in [-0.3, -0.25) is 0 Å². The summed E-state index contributed by atoms with van der Waals surface area (Å²) in [5, 5.41) is 0. The van der Waals surface area contributed by atoms with Gasteiger partial charge in [0.25, 0.3) is 0 Å². The zero-order valence-corrected chi connectivity index (χ0v) is 12.8. The first-order valence-electron chi connectivity index (χ1n) is 6.49. The highest BCUT2D eigenvalue weighted by atomic mass is 127. The first-order valence-corrected chi connectivity index (χ1v) is 7.73. The van der Waals surface area contributed by atoms with Crippen molar-refractivity contribution in [2.45, 2.75) is 42.6 Å². The molecule has 1 aromatic rings. The van der Waals surface area contributed by atoms with E-state index in [0.717, 1.165) is 6.61 Å². The molecule has 3 atom stereocenters. The van der Waals surface area contributed by atoms with Gasteiger partial charge < -0.3 is 4.74 Å². The minimum absolute atomic E-state index is 0.426. The quantitative estimate of drug-likeness (QED) is 0.583. The zero-order chi connectivity index (χ0) is 12.3. The molecule has 1 fully saturated rings. The lowest BCUT2D eigenvalue weighted by molar-refractivity contribution is 0.00252. The van der Waals surface area contributed by atoms with Crippen molar-refractivity contribution in [1.82, 2.24) is 0 Å². The number of hydrogen-bond acceptors (Lipinski definition) is 1. The average molecular weight is 344 g/mol. The molecule has 1 nitrogen and oxygen atoms in total. The van der Waals surface area contributed by atoms with Crippen LogP contribution in [0.1, 0.15) is 38.2 Å². The van der Waals surface area contributed by atoms with Crippen LogP contribution < -0.4 is 0 Å². The fourth-order valence-electron chi connectivity index (χ4n) is 2.51. The topological polar surface area (TPSA) is 9.23 Å². The van der Waals surface area contributed by atoms with Crippen LogP contribution in [0.4, 0.5) is 0 Å². The minimum Gasteiger partial charge on any atom is -0.377 e. The Labute approximate surface area is 118 Å². The van der Waals surface area contributed by atoms with Crippen molar-refractivity contribution in [3.8, 4) is 0 Å². The molecule has 1 aromatic carbocycles. The van der Waals surface area contributed by atoms with Crippen molar-refractivity contribution >= 4 is 22.6 Å². The van der Waals surface area contributed by atoms with E-state index in [1.54, 1.807) is 0 Å². The molecule has 0 radical (unpaired) electrons.